The Morgan fingerprint density at radius 2 is 2.36 bits per heavy atom. The van der Waals surface area contributed by atoms with Gasteiger partial charge >= 0.3 is 0 Å². The molecule has 2 rings (SSSR count). The zero-order chi connectivity index (χ0) is 7.84. The molecule has 3 nitrogen and oxygen atoms in total. The van der Waals surface area contributed by atoms with E-state index in [9.17, 15) is 4.79 Å². The van der Waals surface area contributed by atoms with Crippen LogP contribution in [-0.2, 0) is 6.54 Å². The molecule has 0 unspecified atom stereocenters. The smallest absolute Gasteiger partial charge is 0.212 e. The summed E-state index contributed by atoms with van der Waals surface area (Å²) < 4.78 is 5.04. The van der Waals surface area contributed by atoms with Crippen LogP contribution in [0.5, 0.6) is 0 Å². The molecule has 0 atom stereocenters. The van der Waals surface area contributed by atoms with Crippen LogP contribution in [0.15, 0.2) is 16.7 Å². The maximum atomic E-state index is 11.2. The summed E-state index contributed by atoms with van der Waals surface area (Å²) in [7, 11) is 1.92. The Labute approximate surface area is 64.6 Å². The fraction of sp³-hybridized carbons (Fsp3) is 0.375. The molecule has 0 amide bonds. The number of hydrogen-bond donors (Lipinski definition) is 0. The summed E-state index contributed by atoms with van der Waals surface area (Å²) in [6.45, 7) is 1.29. The normalized spacial score (nSPS) is 18.5. The summed E-state index contributed by atoms with van der Waals surface area (Å²) in [4.78, 5) is 13.2. The molecule has 0 saturated heterocycles. The molecule has 0 aromatic carbocycles. The van der Waals surface area contributed by atoms with Crippen molar-refractivity contribution in [3.05, 3.63) is 23.7 Å². The van der Waals surface area contributed by atoms with E-state index >= 15 is 0 Å². The number of ketones is 1. The minimum absolute atomic E-state index is 0.0822. The van der Waals surface area contributed by atoms with Crippen molar-refractivity contribution in [3.63, 3.8) is 0 Å². The topological polar surface area (TPSA) is 33.5 Å². The van der Waals surface area contributed by atoms with E-state index < -0.39 is 0 Å². The van der Waals surface area contributed by atoms with Crippen LogP contribution in [0, 0.1) is 0 Å². The zero-order valence-corrected chi connectivity index (χ0v) is 6.33. The van der Waals surface area contributed by atoms with Gasteiger partial charge in [-0.15, -0.1) is 0 Å². The second-order valence-corrected chi connectivity index (χ2v) is 2.87. The van der Waals surface area contributed by atoms with Gasteiger partial charge in [-0.25, -0.2) is 0 Å². The Bertz CT molecular complexity index is 290. The van der Waals surface area contributed by atoms with Crippen molar-refractivity contribution in [2.75, 3.05) is 13.6 Å². The number of likely N-dealkylation sites (N-methyl/N-ethyl adjacent to an activating group) is 1. The molecule has 2 heterocycles. The fourth-order valence-corrected chi connectivity index (χ4v) is 1.37. The third-order valence-corrected chi connectivity index (χ3v) is 1.85. The molecule has 1 aromatic rings. The minimum atomic E-state index is 0.0822. The van der Waals surface area contributed by atoms with Crippen LogP contribution in [0.25, 0.3) is 0 Å². The van der Waals surface area contributed by atoms with Gasteiger partial charge in [-0.1, -0.05) is 0 Å². The number of fused-ring (bicyclic) bond motifs is 1. The van der Waals surface area contributed by atoms with Crippen molar-refractivity contribution in [2.45, 2.75) is 6.54 Å². The van der Waals surface area contributed by atoms with Gasteiger partial charge in [0.25, 0.3) is 0 Å². The molecule has 1 aliphatic heterocycles. The highest BCUT2D eigenvalue weighted by molar-refractivity contribution is 5.97. The zero-order valence-electron chi connectivity index (χ0n) is 6.33. The second kappa shape index (κ2) is 2.20. The third kappa shape index (κ3) is 0.973. The van der Waals surface area contributed by atoms with Crippen molar-refractivity contribution in [1.29, 1.82) is 0 Å². The minimum Gasteiger partial charge on any atom is -0.461 e. The van der Waals surface area contributed by atoms with Gasteiger partial charge in [0.1, 0.15) is 0 Å². The summed E-state index contributed by atoms with van der Waals surface area (Å²) >= 11 is 0. The summed E-state index contributed by atoms with van der Waals surface area (Å²) in [6, 6.07) is 1.85. The highest BCUT2D eigenvalue weighted by atomic mass is 16.3. The van der Waals surface area contributed by atoms with E-state index in [2.05, 4.69) is 0 Å². The summed E-state index contributed by atoms with van der Waals surface area (Å²) in [5.74, 6) is 0.627. The monoisotopic (exact) mass is 151 g/mol. The number of Topliss-reactive ketones (excluding diaryl/α,β-unsaturated/α-hetero) is 1. The van der Waals surface area contributed by atoms with Crippen LogP contribution in [0.1, 0.15) is 16.1 Å². The highest BCUT2D eigenvalue weighted by Gasteiger charge is 2.22. The van der Waals surface area contributed by atoms with Gasteiger partial charge in [0, 0.05) is 12.1 Å². The second-order valence-electron chi connectivity index (χ2n) is 2.87. The maximum Gasteiger partial charge on any atom is 0.212 e. The molecule has 0 spiro atoms. The standard InChI is InChI=1S/C8H9NO2/c1-9-4-6-2-3-11-8(6)7(10)5-9/h2-3H,4-5H2,1H3. The van der Waals surface area contributed by atoms with Crippen LogP contribution in [0.3, 0.4) is 0 Å². The average molecular weight is 151 g/mol. The van der Waals surface area contributed by atoms with Crippen LogP contribution in [0.2, 0.25) is 0 Å². The molecule has 1 aromatic heterocycles. The van der Waals surface area contributed by atoms with Crippen molar-refractivity contribution in [2.24, 2.45) is 0 Å². The number of rotatable bonds is 0. The Kier molecular flexibility index (Phi) is 1.32. The number of carbonyl (C=O) groups is 1. The van der Waals surface area contributed by atoms with E-state index in [0.29, 0.717) is 12.3 Å². The first-order valence-corrected chi connectivity index (χ1v) is 3.55. The van der Waals surface area contributed by atoms with Gasteiger partial charge in [0.2, 0.25) is 5.78 Å². The van der Waals surface area contributed by atoms with Crippen molar-refractivity contribution < 1.29 is 9.21 Å². The van der Waals surface area contributed by atoms with E-state index in [4.69, 9.17) is 4.42 Å². The molecule has 1 aliphatic rings. The van der Waals surface area contributed by atoms with Crippen LogP contribution >= 0.6 is 0 Å². The first kappa shape index (κ1) is 6.61. The highest BCUT2D eigenvalue weighted by Crippen LogP contribution is 2.17. The lowest BCUT2D eigenvalue weighted by molar-refractivity contribution is 0.0891. The molecule has 11 heavy (non-hydrogen) atoms. The number of furan rings is 1. The molecule has 0 aliphatic carbocycles. The largest absolute Gasteiger partial charge is 0.461 e. The molecule has 0 bridgehead atoms. The fourth-order valence-electron chi connectivity index (χ4n) is 1.37. The molecule has 0 fully saturated rings. The number of carbonyl (C=O) groups excluding carboxylic acids is 1. The molecule has 3 heteroatoms. The predicted octanol–water partition coefficient (Wildman–Crippen LogP) is 0.908. The van der Waals surface area contributed by atoms with Gasteiger partial charge < -0.3 is 4.42 Å². The van der Waals surface area contributed by atoms with Crippen LogP contribution in [0.4, 0.5) is 0 Å². The summed E-state index contributed by atoms with van der Waals surface area (Å²) in [6.07, 6.45) is 1.57. The first-order chi connectivity index (χ1) is 5.27. The van der Waals surface area contributed by atoms with Gasteiger partial charge in [0.15, 0.2) is 5.76 Å². The lowest BCUT2D eigenvalue weighted by Crippen LogP contribution is -2.30. The van der Waals surface area contributed by atoms with Crippen molar-refractivity contribution in [1.82, 2.24) is 4.90 Å². The van der Waals surface area contributed by atoms with Crippen molar-refractivity contribution in [3.8, 4) is 0 Å². The Hall–Kier alpha value is -1.09. The molecule has 0 radical (unpaired) electrons. The van der Waals surface area contributed by atoms with E-state index in [-0.39, 0.29) is 5.78 Å². The molecular formula is C8H9NO2. The first-order valence-electron chi connectivity index (χ1n) is 3.55. The molecular weight excluding hydrogens is 142 g/mol. The van der Waals surface area contributed by atoms with Gasteiger partial charge in [-0.2, -0.15) is 0 Å². The quantitative estimate of drug-likeness (QED) is 0.552. The molecule has 58 valence electrons. The third-order valence-electron chi connectivity index (χ3n) is 1.85. The summed E-state index contributed by atoms with van der Waals surface area (Å²) in [5.41, 5.74) is 1.00. The Balaban J connectivity index is 2.44. The van der Waals surface area contributed by atoms with Crippen LogP contribution in [-0.4, -0.2) is 24.3 Å². The summed E-state index contributed by atoms with van der Waals surface area (Å²) in [5, 5.41) is 0. The molecule has 0 saturated carbocycles. The number of hydrogen-bond acceptors (Lipinski definition) is 3. The lowest BCUT2D eigenvalue weighted by atomic mass is 10.1. The molecule has 0 N–H and O–H groups in total. The van der Waals surface area contributed by atoms with Crippen molar-refractivity contribution >= 4 is 5.78 Å². The Morgan fingerprint density at radius 3 is 3.18 bits per heavy atom. The van der Waals surface area contributed by atoms with E-state index in [1.807, 2.05) is 18.0 Å². The van der Waals surface area contributed by atoms with E-state index in [1.54, 1.807) is 6.26 Å². The van der Waals surface area contributed by atoms with E-state index in [1.165, 1.54) is 0 Å². The predicted molar refractivity (Wildman–Crippen MR) is 39.4 cm³/mol. The Morgan fingerprint density at radius 1 is 1.55 bits per heavy atom. The van der Waals surface area contributed by atoms with Gasteiger partial charge in [-0.3, -0.25) is 9.69 Å². The average Bonchev–Trinajstić information content (AvgIpc) is 2.34. The van der Waals surface area contributed by atoms with Gasteiger partial charge in [-0.05, 0) is 13.1 Å². The number of nitrogens with zero attached hydrogens (tertiary/aromatic N) is 1. The van der Waals surface area contributed by atoms with Crippen LogP contribution < -0.4 is 0 Å². The SMILES string of the molecule is CN1CC(=O)c2occc2C1. The van der Waals surface area contributed by atoms with Gasteiger partial charge in [0.05, 0.1) is 12.8 Å². The van der Waals surface area contributed by atoms with E-state index in [0.717, 1.165) is 12.1 Å². The lowest BCUT2D eigenvalue weighted by Gasteiger charge is -2.19. The maximum absolute atomic E-state index is 11.2.